The molecule has 0 aromatic heterocycles. The van der Waals surface area contributed by atoms with Crippen LogP contribution in [0.2, 0.25) is 5.02 Å². The highest BCUT2D eigenvalue weighted by atomic mass is 127. The van der Waals surface area contributed by atoms with Gasteiger partial charge in [0.1, 0.15) is 11.5 Å². The van der Waals surface area contributed by atoms with Gasteiger partial charge < -0.3 is 9.84 Å². The summed E-state index contributed by atoms with van der Waals surface area (Å²) in [6.07, 6.45) is 2.49. The van der Waals surface area contributed by atoms with E-state index in [1.54, 1.807) is 48.5 Å². The van der Waals surface area contributed by atoms with E-state index in [0.29, 0.717) is 39.7 Å². The molecule has 4 aromatic rings. The first-order chi connectivity index (χ1) is 23.7. The molecule has 2 aliphatic heterocycles. The van der Waals surface area contributed by atoms with Gasteiger partial charge in [0, 0.05) is 26.1 Å². The van der Waals surface area contributed by atoms with E-state index in [4.69, 9.17) is 16.3 Å². The second-order valence-electron chi connectivity index (χ2n) is 13.0. The maximum Gasteiger partial charge on any atom is 0.246 e. The molecule has 2 aliphatic carbocycles. The number of halogens is 2. The van der Waals surface area contributed by atoms with E-state index in [1.165, 1.54) is 23.0 Å². The molecule has 0 spiro atoms. The van der Waals surface area contributed by atoms with Crippen molar-refractivity contribution in [2.45, 2.75) is 24.2 Å². The van der Waals surface area contributed by atoms with Crippen molar-refractivity contribution in [2.24, 2.45) is 23.7 Å². The average Bonchev–Trinajstić information content (AvgIpc) is 3.50. The number of rotatable bonds is 5. The molecule has 6 atom stereocenters. The van der Waals surface area contributed by atoms with E-state index < -0.39 is 46.8 Å². The minimum atomic E-state index is -1.44. The lowest BCUT2D eigenvalue weighted by Crippen LogP contribution is -2.53. The number of anilines is 2. The lowest BCUT2D eigenvalue weighted by molar-refractivity contribution is -0.127. The van der Waals surface area contributed by atoms with Gasteiger partial charge >= 0.3 is 0 Å². The van der Waals surface area contributed by atoms with Crippen LogP contribution in [0.1, 0.15) is 29.9 Å². The first-order valence-corrected chi connectivity index (χ1v) is 17.5. The predicted octanol–water partition coefficient (Wildman–Crippen LogP) is 7.03. The number of nitrogens with zero attached hydrogens (tertiary/aromatic N) is 2. The Hall–Kier alpha value is -4.48. The number of hydrogen-bond acceptors (Lipinski definition) is 6. The van der Waals surface area contributed by atoms with Gasteiger partial charge in [0.15, 0.2) is 0 Å². The molecule has 1 N–H and O–H groups in total. The van der Waals surface area contributed by atoms with Crippen LogP contribution >= 0.6 is 34.2 Å². The Morgan fingerprint density at radius 2 is 1.57 bits per heavy atom. The van der Waals surface area contributed by atoms with Gasteiger partial charge in [-0.1, -0.05) is 65.7 Å². The normalized spacial score (nSPS) is 27.5. The first-order valence-electron chi connectivity index (χ1n) is 16.1. The second kappa shape index (κ2) is 11.8. The van der Waals surface area contributed by atoms with Crippen molar-refractivity contribution in [3.63, 3.8) is 0 Å². The van der Waals surface area contributed by atoms with Crippen molar-refractivity contribution in [3.05, 3.63) is 128 Å². The van der Waals surface area contributed by atoms with E-state index in [-0.39, 0.29) is 24.0 Å². The van der Waals surface area contributed by atoms with Crippen LogP contribution in [-0.2, 0) is 24.6 Å². The number of fused-ring (bicyclic) bond motifs is 4. The fraction of sp³-hybridized carbons (Fsp3) is 0.231. The van der Waals surface area contributed by atoms with Gasteiger partial charge in [-0.15, -0.1) is 0 Å². The number of carbonyl (C=O) groups is 4. The molecular formula is C39H30ClIN2O6. The third-order valence-corrected chi connectivity index (χ3v) is 11.7. The Morgan fingerprint density at radius 3 is 2.29 bits per heavy atom. The number of ether oxygens (including phenoxy) is 1. The molecule has 4 aliphatic rings. The quantitative estimate of drug-likeness (QED) is 0.133. The zero-order chi connectivity index (χ0) is 34.2. The summed E-state index contributed by atoms with van der Waals surface area (Å²) in [6.45, 7) is 0. The fourth-order valence-corrected chi connectivity index (χ4v) is 9.42. The summed E-state index contributed by atoms with van der Waals surface area (Å²) in [5, 5.41) is 10.9. The number of allylic oxidation sites excluding steroid dienone is 2. The molecule has 2 heterocycles. The number of carbonyl (C=O) groups excluding carboxylic acids is 4. The highest BCUT2D eigenvalue weighted by molar-refractivity contribution is 14.1. The molecule has 49 heavy (non-hydrogen) atoms. The lowest BCUT2D eigenvalue weighted by atomic mass is 9.49. The van der Waals surface area contributed by atoms with Crippen molar-refractivity contribution >= 4 is 69.2 Å². The Balaban J connectivity index is 1.37. The van der Waals surface area contributed by atoms with Crippen molar-refractivity contribution < 1.29 is 29.0 Å². The van der Waals surface area contributed by atoms with Crippen molar-refractivity contribution in [1.29, 1.82) is 0 Å². The van der Waals surface area contributed by atoms with Crippen molar-refractivity contribution in [2.75, 3.05) is 16.9 Å². The minimum Gasteiger partial charge on any atom is -0.508 e. The van der Waals surface area contributed by atoms with Crippen LogP contribution in [0.4, 0.5) is 11.4 Å². The van der Waals surface area contributed by atoms with Crippen LogP contribution in [0, 0.1) is 27.2 Å². The Bertz CT molecular complexity index is 2080. The summed E-state index contributed by atoms with van der Waals surface area (Å²) in [6, 6.07) is 28.0. The average molecular weight is 785 g/mol. The van der Waals surface area contributed by atoms with E-state index >= 15 is 4.79 Å². The van der Waals surface area contributed by atoms with Crippen molar-refractivity contribution in [1.82, 2.24) is 0 Å². The molecule has 8 nitrogen and oxygen atoms in total. The summed E-state index contributed by atoms with van der Waals surface area (Å²) in [5.74, 6) is -4.58. The largest absolute Gasteiger partial charge is 0.508 e. The van der Waals surface area contributed by atoms with Crippen LogP contribution < -0.4 is 14.5 Å². The summed E-state index contributed by atoms with van der Waals surface area (Å²) < 4.78 is 6.82. The van der Waals surface area contributed by atoms with Crippen LogP contribution in [0.15, 0.2) is 109 Å². The molecule has 4 aromatic carbocycles. The first kappa shape index (κ1) is 31.8. The zero-order valence-corrected chi connectivity index (χ0v) is 29.2. The smallest absolute Gasteiger partial charge is 0.246 e. The molecule has 1 saturated carbocycles. The summed E-state index contributed by atoms with van der Waals surface area (Å²) in [4.78, 5) is 61.2. The molecule has 4 amide bonds. The number of imide groups is 2. The van der Waals surface area contributed by atoms with Gasteiger partial charge in [-0.05, 0) is 95.4 Å². The molecule has 0 radical (unpaired) electrons. The van der Waals surface area contributed by atoms with E-state index in [0.717, 1.165) is 9.14 Å². The van der Waals surface area contributed by atoms with E-state index in [9.17, 15) is 19.5 Å². The number of hydrogen-bond donors (Lipinski definition) is 1. The summed E-state index contributed by atoms with van der Waals surface area (Å²) in [7, 11) is 1.49. The predicted molar refractivity (Wildman–Crippen MR) is 192 cm³/mol. The number of phenols is 1. The third-order valence-electron chi connectivity index (χ3n) is 10.8. The van der Waals surface area contributed by atoms with Crippen LogP contribution in [-0.4, -0.2) is 35.8 Å². The number of methoxy groups -OCH3 is 1. The van der Waals surface area contributed by atoms with Gasteiger partial charge in [-0.2, -0.15) is 0 Å². The molecule has 10 heteroatoms. The maximum atomic E-state index is 15.3. The van der Waals surface area contributed by atoms with Crippen molar-refractivity contribution in [3.8, 4) is 11.5 Å². The van der Waals surface area contributed by atoms with E-state index in [2.05, 4.69) is 22.6 Å². The van der Waals surface area contributed by atoms with Crippen LogP contribution in [0.3, 0.4) is 0 Å². The topological polar surface area (TPSA) is 104 Å². The highest BCUT2D eigenvalue weighted by Crippen LogP contribution is 2.65. The second-order valence-corrected chi connectivity index (χ2v) is 14.7. The minimum absolute atomic E-state index is 0.0185. The van der Waals surface area contributed by atoms with Gasteiger partial charge in [0.25, 0.3) is 0 Å². The van der Waals surface area contributed by atoms with Crippen LogP contribution in [0.5, 0.6) is 11.5 Å². The molecular weight excluding hydrogens is 755 g/mol. The third kappa shape index (κ3) is 4.61. The standard InChI is InChI=1S/C39H30ClIN2O6/c1-49-32-19-26(44)14-15-28(32)34-27-16-17-29-33(37(47)42(35(29)45)24-12-10-23(41)11-13-24)30(27)20-31-36(46)43(25-9-5-8-22(40)18-25)38(48)39(31,34)21-6-3-2-4-7-21/h2-16,18-19,29-31,33-34,44H,17,20H2,1H3/t29-,30+,31-,33-,34+,39+/m0/s1. The van der Waals surface area contributed by atoms with Crippen LogP contribution in [0.25, 0.3) is 0 Å². The molecule has 2 saturated heterocycles. The number of aromatic hydroxyl groups is 1. The number of benzene rings is 4. The van der Waals surface area contributed by atoms with Gasteiger partial charge in [0.2, 0.25) is 23.6 Å². The monoisotopic (exact) mass is 784 g/mol. The highest BCUT2D eigenvalue weighted by Gasteiger charge is 2.70. The SMILES string of the molecule is COc1cc(O)ccc1[C@H]1C2=CC[C@@H]3C(=O)N(c4ccc(I)cc4)C(=O)[C@@H]3[C@@H]2C[C@H]2C(=O)N(c3cccc(Cl)c3)C(=O)[C@@]12c1ccccc1. The molecule has 246 valence electrons. The molecule has 3 fully saturated rings. The molecule has 0 unspecified atom stereocenters. The maximum absolute atomic E-state index is 15.3. The Kier molecular flexibility index (Phi) is 7.68. The van der Waals surface area contributed by atoms with Gasteiger partial charge in [-0.3, -0.25) is 24.1 Å². The summed E-state index contributed by atoms with van der Waals surface area (Å²) in [5.41, 5.74) is 1.49. The van der Waals surface area contributed by atoms with E-state index in [1.807, 2.05) is 48.5 Å². The molecule has 0 bridgehead atoms. The Morgan fingerprint density at radius 1 is 0.816 bits per heavy atom. The zero-order valence-electron chi connectivity index (χ0n) is 26.3. The number of phenolic OH excluding ortho intramolecular Hbond substituents is 1. The number of amides is 4. The van der Waals surface area contributed by atoms with Gasteiger partial charge in [-0.25, -0.2) is 4.90 Å². The Labute approximate surface area is 301 Å². The molecule has 8 rings (SSSR count). The fourth-order valence-electron chi connectivity index (χ4n) is 8.87. The lowest BCUT2D eigenvalue weighted by Gasteiger charge is -2.51. The summed E-state index contributed by atoms with van der Waals surface area (Å²) >= 11 is 8.57. The van der Waals surface area contributed by atoms with Gasteiger partial charge in [0.05, 0.1) is 41.7 Å².